The SMILES string of the molecule is COc1ccc(C(OC[C@]2(C)CN(C(=O)CCCCCCCCC(=O)[O-])C[C@]2(C)CO)(c2ccccc2)c2ccc(OC)cc2)cc1.[Li+]. The van der Waals surface area contributed by atoms with Gasteiger partial charge in [-0.15, -0.1) is 0 Å². The Morgan fingerprint density at radius 3 is 1.67 bits per heavy atom. The first-order chi connectivity index (χ1) is 22.6. The predicted molar refractivity (Wildman–Crippen MR) is 180 cm³/mol. The van der Waals surface area contributed by atoms with Crippen molar-refractivity contribution in [3.63, 3.8) is 0 Å². The number of rotatable bonds is 18. The van der Waals surface area contributed by atoms with Gasteiger partial charge in [0, 0.05) is 36.3 Å². The minimum Gasteiger partial charge on any atom is -0.550 e. The third-order valence-electron chi connectivity index (χ3n) is 10.0. The van der Waals surface area contributed by atoms with Gasteiger partial charge in [-0.25, -0.2) is 0 Å². The number of hydrogen-bond acceptors (Lipinski definition) is 7. The summed E-state index contributed by atoms with van der Waals surface area (Å²) in [6, 6.07) is 26.0. The van der Waals surface area contributed by atoms with E-state index in [0.29, 0.717) is 25.9 Å². The predicted octanol–water partition coefficient (Wildman–Crippen LogP) is 2.73. The number of ether oxygens (including phenoxy) is 3. The maximum Gasteiger partial charge on any atom is 1.00 e. The summed E-state index contributed by atoms with van der Waals surface area (Å²) in [5.74, 6) is 0.572. The number of unbranched alkanes of at least 4 members (excludes halogenated alkanes) is 5. The fourth-order valence-electron chi connectivity index (χ4n) is 6.67. The summed E-state index contributed by atoms with van der Waals surface area (Å²) < 4.78 is 18.2. The normalized spacial score (nSPS) is 19.1. The number of benzene rings is 3. The molecule has 0 aliphatic carbocycles. The number of hydrogen-bond donors (Lipinski definition) is 1. The van der Waals surface area contributed by atoms with Crippen LogP contribution < -0.4 is 33.4 Å². The van der Waals surface area contributed by atoms with Gasteiger partial charge >= 0.3 is 18.9 Å². The van der Waals surface area contributed by atoms with Crippen LogP contribution in [0.25, 0.3) is 0 Å². The zero-order chi connectivity index (χ0) is 33.9. The number of carboxylic acid groups (broad SMARTS) is 1. The average Bonchev–Trinajstić information content (AvgIpc) is 3.37. The molecule has 1 fully saturated rings. The van der Waals surface area contributed by atoms with Gasteiger partial charge in [-0.1, -0.05) is 94.1 Å². The van der Waals surface area contributed by atoms with E-state index in [2.05, 4.69) is 19.1 Å². The standard InChI is InChI=1S/C39H51NO7.Li/c1-37(28-41)26-40(35(42)16-12-7-5-6-8-13-17-36(43)44)27-38(37,2)29-47-39(30-14-10-9-11-15-30,31-18-22-33(45-3)23-19-31)32-20-24-34(46-4)25-21-32;/h9-11,14-15,18-25,41H,5-8,12-13,16-17,26-29H2,1-4H3,(H,43,44);/q;+1/p-1/t37-,38+;/m1./s1. The van der Waals surface area contributed by atoms with Gasteiger partial charge in [-0.2, -0.15) is 0 Å². The van der Waals surface area contributed by atoms with E-state index in [1.807, 2.05) is 78.6 Å². The summed E-state index contributed by atoms with van der Waals surface area (Å²) in [5.41, 5.74) is 0.677. The van der Waals surface area contributed by atoms with E-state index in [9.17, 15) is 19.8 Å². The van der Waals surface area contributed by atoms with Gasteiger partial charge in [-0.05, 0) is 60.2 Å². The van der Waals surface area contributed by atoms with Gasteiger partial charge in [0.1, 0.15) is 17.1 Å². The maximum atomic E-state index is 13.4. The molecule has 1 amide bonds. The Kier molecular flexibility index (Phi) is 14.6. The van der Waals surface area contributed by atoms with E-state index in [-0.39, 0.29) is 44.4 Å². The molecule has 1 saturated heterocycles. The van der Waals surface area contributed by atoms with Crippen molar-refractivity contribution < 1.29 is 52.9 Å². The van der Waals surface area contributed by atoms with E-state index in [4.69, 9.17) is 14.2 Å². The van der Waals surface area contributed by atoms with Crippen molar-refractivity contribution in [3.8, 4) is 11.5 Å². The molecule has 0 unspecified atom stereocenters. The zero-order valence-corrected chi connectivity index (χ0v) is 29.3. The maximum absolute atomic E-state index is 13.4. The number of aliphatic hydroxyl groups excluding tert-OH is 1. The van der Waals surface area contributed by atoms with Crippen molar-refractivity contribution in [1.82, 2.24) is 4.90 Å². The van der Waals surface area contributed by atoms with Crippen LogP contribution in [0.1, 0.15) is 81.9 Å². The second kappa shape index (κ2) is 17.9. The van der Waals surface area contributed by atoms with Gasteiger partial charge in [0.05, 0.1) is 27.4 Å². The van der Waals surface area contributed by atoms with Crippen LogP contribution in [0.15, 0.2) is 78.9 Å². The molecule has 8 nitrogen and oxygen atoms in total. The monoisotopic (exact) mass is 651 g/mol. The number of aliphatic hydroxyl groups is 1. The van der Waals surface area contributed by atoms with Crippen molar-refractivity contribution in [1.29, 1.82) is 0 Å². The molecule has 3 aromatic carbocycles. The van der Waals surface area contributed by atoms with Crippen LogP contribution >= 0.6 is 0 Å². The third-order valence-corrected chi connectivity index (χ3v) is 10.0. The van der Waals surface area contributed by atoms with Crippen LogP contribution in [0.3, 0.4) is 0 Å². The molecule has 0 radical (unpaired) electrons. The Labute approximate surface area is 298 Å². The molecule has 0 bridgehead atoms. The van der Waals surface area contributed by atoms with Crippen LogP contribution in [0.5, 0.6) is 11.5 Å². The van der Waals surface area contributed by atoms with Gasteiger partial charge in [0.15, 0.2) is 0 Å². The average molecular weight is 652 g/mol. The molecule has 1 heterocycles. The zero-order valence-electron chi connectivity index (χ0n) is 29.3. The molecule has 0 spiro atoms. The largest absolute Gasteiger partial charge is 1.00 e. The van der Waals surface area contributed by atoms with Crippen molar-refractivity contribution >= 4 is 11.9 Å². The Morgan fingerprint density at radius 1 is 0.729 bits per heavy atom. The van der Waals surface area contributed by atoms with E-state index < -0.39 is 22.4 Å². The summed E-state index contributed by atoms with van der Waals surface area (Å²) in [5, 5.41) is 21.3. The molecule has 9 heteroatoms. The number of aliphatic carboxylic acids is 1. The summed E-state index contributed by atoms with van der Waals surface area (Å²) in [4.78, 5) is 25.9. The molecule has 0 saturated carbocycles. The van der Waals surface area contributed by atoms with E-state index >= 15 is 0 Å². The first-order valence-corrected chi connectivity index (χ1v) is 16.7. The molecule has 1 aliphatic rings. The Bertz CT molecular complexity index is 1390. The first kappa shape index (κ1) is 39.2. The number of carbonyl (C=O) groups excluding carboxylic acids is 2. The molecule has 3 aromatic rings. The summed E-state index contributed by atoms with van der Waals surface area (Å²) in [6.07, 6.45) is 5.68. The third kappa shape index (κ3) is 9.03. The Morgan fingerprint density at radius 2 is 1.19 bits per heavy atom. The van der Waals surface area contributed by atoms with E-state index in [1.54, 1.807) is 14.2 Å². The van der Waals surface area contributed by atoms with Gasteiger partial charge in [-0.3, -0.25) is 4.79 Å². The molecule has 1 N–H and O–H groups in total. The van der Waals surface area contributed by atoms with Crippen LogP contribution in [0.4, 0.5) is 0 Å². The fourth-order valence-corrected chi connectivity index (χ4v) is 6.67. The number of likely N-dealkylation sites (tertiary alicyclic amines) is 1. The Hall–Kier alpha value is -3.28. The number of nitrogens with zero attached hydrogens (tertiary/aromatic N) is 1. The molecule has 48 heavy (non-hydrogen) atoms. The molecule has 0 aromatic heterocycles. The topological polar surface area (TPSA) is 108 Å². The van der Waals surface area contributed by atoms with Crippen molar-refractivity contribution in [3.05, 3.63) is 95.6 Å². The summed E-state index contributed by atoms with van der Waals surface area (Å²) >= 11 is 0. The van der Waals surface area contributed by atoms with E-state index in [0.717, 1.165) is 60.3 Å². The van der Waals surface area contributed by atoms with Crippen molar-refractivity contribution in [2.75, 3.05) is 40.5 Å². The smallest absolute Gasteiger partial charge is 0.550 e. The van der Waals surface area contributed by atoms with Crippen LogP contribution in [-0.2, 0) is 19.9 Å². The van der Waals surface area contributed by atoms with Gasteiger partial charge in [0.25, 0.3) is 0 Å². The fraction of sp³-hybridized carbons (Fsp3) is 0.487. The van der Waals surface area contributed by atoms with Gasteiger partial charge < -0.3 is 34.1 Å². The van der Waals surface area contributed by atoms with Crippen LogP contribution in [0.2, 0.25) is 0 Å². The Balaban J connectivity index is 0.00000625. The molecule has 254 valence electrons. The minimum absolute atomic E-state index is 0. The first-order valence-electron chi connectivity index (χ1n) is 16.7. The molecule has 4 rings (SSSR count). The summed E-state index contributed by atoms with van der Waals surface area (Å²) in [7, 11) is 3.29. The number of carbonyl (C=O) groups is 2. The van der Waals surface area contributed by atoms with Crippen LogP contribution in [0, 0.1) is 10.8 Å². The second-order valence-corrected chi connectivity index (χ2v) is 13.3. The second-order valence-electron chi connectivity index (χ2n) is 13.3. The number of carboxylic acids is 1. The quantitative estimate of drug-likeness (QED) is 0.128. The van der Waals surface area contributed by atoms with Crippen molar-refractivity contribution in [2.45, 2.75) is 70.8 Å². The molecular formula is C39H50LiNO7. The van der Waals surface area contributed by atoms with Crippen LogP contribution in [-0.4, -0.2) is 62.4 Å². The molecule has 2 atom stereocenters. The van der Waals surface area contributed by atoms with Crippen molar-refractivity contribution in [2.24, 2.45) is 10.8 Å². The number of amides is 1. The molecule has 1 aliphatic heterocycles. The minimum atomic E-state index is -1.00. The van der Waals surface area contributed by atoms with Gasteiger partial charge in [0.2, 0.25) is 5.91 Å². The summed E-state index contributed by atoms with van der Waals surface area (Å²) in [6.45, 7) is 5.29. The molecular weight excluding hydrogens is 601 g/mol. The van der Waals surface area contributed by atoms with E-state index in [1.165, 1.54) is 0 Å². The number of methoxy groups -OCH3 is 2.